The maximum absolute atomic E-state index is 3.62. The fourth-order valence-corrected chi connectivity index (χ4v) is 3.36. The molecule has 1 aliphatic heterocycles. The first-order valence-electron chi connectivity index (χ1n) is 7.26. The van der Waals surface area contributed by atoms with Crippen molar-refractivity contribution in [2.75, 3.05) is 13.1 Å². The third-order valence-electron chi connectivity index (χ3n) is 4.40. The maximum Gasteiger partial charge on any atom is 0.0166 e. The number of nitrogens with zero attached hydrogens (tertiary/aromatic N) is 1. The standard InChI is InChI=1S/C14H28N2/c1-12-11-16(13(2)9-10-15-12)14-7-5-3-4-6-8-14/h12-15H,3-11H2,1-2H3. The molecule has 2 heteroatoms. The Labute approximate surface area is 101 Å². The molecule has 16 heavy (non-hydrogen) atoms. The van der Waals surface area contributed by atoms with Crippen molar-refractivity contribution in [3.05, 3.63) is 0 Å². The molecule has 1 saturated carbocycles. The average Bonchev–Trinajstić information content (AvgIpc) is 2.60. The van der Waals surface area contributed by atoms with E-state index < -0.39 is 0 Å². The molecule has 2 fully saturated rings. The molecule has 94 valence electrons. The molecule has 0 spiro atoms. The molecule has 2 aliphatic rings. The van der Waals surface area contributed by atoms with Crippen LogP contribution in [0.25, 0.3) is 0 Å². The maximum atomic E-state index is 3.62. The van der Waals surface area contributed by atoms with E-state index in [1.807, 2.05) is 0 Å². The van der Waals surface area contributed by atoms with Crippen molar-refractivity contribution in [2.24, 2.45) is 0 Å². The SMILES string of the molecule is CC1CN(C2CCCCCC2)C(C)CCN1. The van der Waals surface area contributed by atoms with E-state index in [4.69, 9.17) is 0 Å². The first-order valence-corrected chi connectivity index (χ1v) is 7.26. The summed E-state index contributed by atoms with van der Waals surface area (Å²) in [5, 5.41) is 3.62. The van der Waals surface area contributed by atoms with E-state index in [0.29, 0.717) is 6.04 Å². The first-order chi connectivity index (χ1) is 7.77. The number of hydrogen-bond acceptors (Lipinski definition) is 2. The molecule has 1 heterocycles. The van der Waals surface area contributed by atoms with Gasteiger partial charge in [0.05, 0.1) is 0 Å². The van der Waals surface area contributed by atoms with Gasteiger partial charge in [0.15, 0.2) is 0 Å². The van der Waals surface area contributed by atoms with Crippen LogP contribution in [-0.2, 0) is 0 Å². The van der Waals surface area contributed by atoms with E-state index in [-0.39, 0.29) is 0 Å². The highest BCUT2D eigenvalue weighted by Crippen LogP contribution is 2.25. The van der Waals surface area contributed by atoms with Gasteiger partial charge in [0, 0.05) is 24.7 Å². The summed E-state index contributed by atoms with van der Waals surface area (Å²) in [5.41, 5.74) is 0. The van der Waals surface area contributed by atoms with Crippen LogP contribution >= 0.6 is 0 Å². The second-order valence-electron chi connectivity index (χ2n) is 5.84. The topological polar surface area (TPSA) is 15.3 Å². The Morgan fingerprint density at radius 3 is 2.31 bits per heavy atom. The molecule has 0 aromatic rings. The lowest BCUT2D eigenvalue weighted by Gasteiger charge is -2.35. The van der Waals surface area contributed by atoms with Gasteiger partial charge in [-0.1, -0.05) is 25.7 Å². The predicted octanol–water partition coefficient (Wildman–Crippen LogP) is 2.78. The van der Waals surface area contributed by atoms with Crippen molar-refractivity contribution >= 4 is 0 Å². The van der Waals surface area contributed by atoms with Crippen molar-refractivity contribution in [1.29, 1.82) is 0 Å². The Kier molecular flexibility index (Phi) is 4.66. The highest BCUT2D eigenvalue weighted by molar-refractivity contribution is 4.84. The van der Waals surface area contributed by atoms with Crippen LogP contribution in [-0.4, -0.2) is 36.1 Å². The van der Waals surface area contributed by atoms with Crippen LogP contribution in [0, 0.1) is 0 Å². The lowest BCUT2D eigenvalue weighted by molar-refractivity contribution is 0.129. The van der Waals surface area contributed by atoms with Gasteiger partial charge in [-0.05, 0) is 39.7 Å². The van der Waals surface area contributed by atoms with E-state index in [0.717, 1.165) is 12.1 Å². The van der Waals surface area contributed by atoms with Crippen molar-refractivity contribution in [1.82, 2.24) is 10.2 Å². The lowest BCUT2D eigenvalue weighted by Crippen LogP contribution is -2.45. The van der Waals surface area contributed by atoms with Crippen LogP contribution in [0.5, 0.6) is 0 Å². The molecule has 2 nitrogen and oxygen atoms in total. The van der Waals surface area contributed by atoms with Gasteiger partial charge in [0.1, 0.15) is 0 Å². The summed E-state index contributed by atoms with van der Waals surface area (Å²) >= 11 is 0. The Balaban J connectivity index is 1.97. The molecule has 1 aliphatic carbocycles. The summed E-state index contributed by atoms with van der Waals surface area (Å²) in [4.78, 5) is 2.80. The van der Waals surface area contributed by atoms with Gasteiger partial charge >= 0.3 is 0 Å². The first kappa shape index (κ1) is 12.4. The van der Waals surface area contributed by atoms with Crippen LogP contribution in [0.3, 0.4) is 0 Å². The second kappa shape index (κ2) is 6.02. The van der Waals surface area contributed by atoms with Crippen LogP contribution in [0.2, 0.25) is 0 Å². The minimum absolute atomic E-state index is 0.674. The predicted molar refractivity (Wildman–Crippen MR) is 69.7 cm³/mol. The monoisotopic (exact) mass is 224 g/mol. The van der Waals surface area contributed by atoms with Crippen LogP contribution in [0.4, 0.5) is 0 Å². The smallest absolute Gasteiger partial charge is 0.0166 e. The van der Waals surface area contributed by atoms with E-state index in [9.17, 15) is 0 Å². The van der Waals surface area contributed by atoms with Crippen LogP contribution in [0.1, 0.15) is 58.8 Å². The summed E-state index contributed by atoms with van der Waals surface area (Å²) in [7, 11) is 0. The number of nitrogens with one attached hydrogen (secondary N) is 1. The Bertz CT molecular complexity index is 197. The van der Waals surface area contributed by atoms with Gasteiger partial charge < -0.3 is 5.32 Å². The van der Waals surface area contributed by atoms with Crippen LogP contribution in [0.15, 0.2) is 0 Å². The Morgan fingerprint density at radius 2 is 1.62 bits per heavy atom. The normalized spacial score (nSPS) is 35.6. The summed E-state index contributed by atoms with van der Waals surface area (Å²) in [6, 6.07) is 2.33. The molecule has 0 amide bonds. The summed E-state index contributed by atoms with van der Waals surface area (Å²) < 4.78 is 0. The van der Waals surface area contributed by atoms with E-state index in [1.54, 1.807) is 0 Å². The Morgan fingerprint density at radius 1 is 0.938 bits per heavy atom. The zero-order valence-corrected chi connectivity index (χ0v) is 11.0. The van der Waals surface area contributed by atoms with Gasteiger partial charge in [-0.15, -0.1) is 0 Å². The summed E-state index contributed by atoms with van der Waals surface area (Å²) in [5.74, 6) is 0. The van der Waals surface area contributed by atoms with Crippen molar-refractivity contribution in [3.63, 3.8) is 0 Å². The molecule has 1 N–H and O–H groups in total. The largest absolute Gasteiger partial charge is 0.313 e. The minimum Gasteiger partial charge on any atom is -0.313 e. The minimum atomic E-state index is 0.674. The lowest BCUT2D eigenvalue weighted by atomic mass is 10.0. The van der Waals surface area contributed by atoms with E-state index in [1.165, 1.54) is 58.0 Å². The zero-order chi connectivity index (χ0) is 11.4. The third-order valence-corrected chi connectivity index (χ3v) is 4.40. The quantitative estimate of drug-likeness (QED) is 0.689. The number of rotatable bonds is 1. The average molecular weight is 224 g/mol. The molecule has 2 rings (SSSR count). The third kappa shape index (κ3) is 3.21. The van der Waals surface area contributed by atoms with Crippen molar-refractivity contribution < 1.29 is 0 Å². The second-order valence-corrected chi connectivity index (χ2v) is 5.84. The van der Waals surface area contributed by atoms with Gasteiger partial charge in [0.2, 0.25) is 0 Å². The molecule has 0 bridgehead atoms. The van der Waals surface area contributed by atoms with Gasteiger partial charge in [-0.2, -0.15) is 0 Å². The van der Waals surface area contributed by atoms with Gasteiger partial charge in [-0.25, -0.2) is 0 Å². The molecular formula is C14H28N2. The molecule has 2 unspecified atom stereocenters. The highest BCUT2D eigenvalue weighted by Gasteiger charge is 2.27. The molecule has 2 atom stereocenters. The number of hydrogen-bond donors (Lipinski definition) is 1. The highest BCUT2D eigenvalue weighted by atomic mass is 15.2. The van der Waals surface area contributed by atoms with E-state index in [2.05, 4.69) is 24.1 Å². The molecular weight excluding hydrogens is 196 g/mol. The molecule has 1 saturated heterocycles. The van der Waals surface area contributed by atoms with E-state index >= 15 is 0 Å². The van der Waals surface area contributed by atoms with Gasteiger partial charge in [0.25, 0.3) is 0 Å². The molecule has 0 aromatic carbocycles. The van der Waals surface area contributed by atoms with Crippen molar-refractivity contribution in [2.45, 2.75) is 76.9 Å². The fraction of sp³-hybridized carbons (Fsp3) is 1.00. The van der Waals surface area contributed by atoms with Crippen molar-refractivity contribution in [3.8, 4) is 0 Å². The van der Waals surface area contributed by atoms with Crippen LogP contribution < -0.4 is 5.32 Å². The van der Waals surface area contributed by atoms with Gasteiger partial charge in [-0.3, -0.25) is 4.90 Å². The summed E-state index contributed by atoms with van der Waals surface area (Å²) in [6.45, 7) is 7.21. The summed E-state index contributed by atoms with van der Waals surface area (Å²) in [6.07, 6.45) is 10.0. The Hall–Kier alpha value is -0.0800. The molecule has 0 radical (unpaired) electrons. The fourth-order valence-electron chi connectivity index (χ4n) is 3.36. The zero-order valence-electron chi connectivity index (χ0n) is 11.0. The molecule has 0 aromatic heterocycles.